The third-order valence-electron chi connectivity index (χ3n) is 6.91. The third-order valence-corrected chi connectivity index (χ3v) is 6.91. The van der Waals surface area contributed by atoms with Crippen LogP contribution in [0.1, 0.15) is 12.5 Å². The Labute approximate surface area is 187 Å². The number of hydrogen-bond donors (Lipinski definition) is 0. The fourth-order valence-corrected chi connectivity index (χ4v) is 5.55. The van der Waals surface area contributed by atoms with E-state index >= 15 is 0 Å². The summed E-state index contributed by atoms with van der Waals surface area (Å²) in [5.74, 6) is 4.44. The number of nitrogens with zero attached hydrogens (tertiary/aromatic N) is 1. The van der Waals surface area contributed by atoms with Crippen molar-refractivity contribution in [2.45, 2.75) is 26.0 Å². The maximum Gasteiger partial charge on any atom is 0.340 e. The summed E-state index contributed by atoms with van der Waals surface area (Å²) in [7, 11) is 0. The molecule has 0 saturated heterocycles. The standard InChI is InChI=1S/C27H21BNO3/c1-16-9-3-6-12-20(16)29-17(2)30-24-15-23-25-27(26(24)29)32-22-14-8-5-11-19(22)28(25)18-10-4-7-13-21(18)31-23/h3-15,24,26H,1-2H3/q+1. The monoisotopic (exact) mass is 418 g/mol. The summed E-state index contributed by atoms with van der Waals surface area (Å²) in [6.07, 6.45) is 1.95. The van der Waals surface area contributed by atoms with Crippen molar-refractivity contribution in [3.63, 3.8) is 0 Å². The van der Waals surface area contributed by atoms with Crippen LogP contribution in [0.3, 0.4) is 0 Å². The van der Waals surface area contributed by atoms with Crippen molar-refractivity contribution in [3.05, 3.63) is 101 Å². The Bertz CT molecular complexity index is 1400. The maximum absolute atomic E-state index is 6.66. The zero-order valence-corrected chi connectivity index (χ0v) is 17.9. The number of allylic oxidation sites excluding steroid dienone is 1. The molecule has 0 aromatic heterocycles. The Morgan fingerprint density at radius 1 is 0.781 bits per heavy atom. The predicted molar refractivity (Wildman–Crippen MR) is 125 cm³/mol. The fraction of sp³-hybridized carbons (Fsp3) is 0.148. The predicted octanol–water partition coefficient (Wildman–Crippen LogP) is 3.61. The quantitative estimate of drug-likeness (QED) is 0.447. The van der Waals surface area contributed by atoms with Gasteiger partial charge in [0.15, 0.2) is 11.9 Å². The molecule has 0 spiro atoms. The molecule has 3 heterocycles. The molecule has 0 bridgehead atoms. The van der Waals surface area contributed by atoms with E-state index in [4.69, 9.17) is 14.2 Å². The zero-order chi connectivity index (χ0) is 21.4. The molecular weight excluding hydrogens is 397 g/mol. The molecule has 0 amide bonds. The van der Waals surface area contributed by atoms with Crippen molar-refractivity contribution in [3.8, 4) is 11.5 Å². The summed E-state index contributed by atoms with van der Waals surface area (Å²) in [4.78, 5) is 0. The number of para-hydroxylation sites is 3. The van der Waals surface area contributed by atoms with Gasteiger partial charge in [0, 0.05) is 23.2 Å². The summed E-state index contributed by atoms with van der Waals surface area (Å²) in [5, 5.41) is 0. The lowest BCUT2D eigenvalue weighted by Gasteiger charge is -2.37. The van der Waals surface area contributed by atoms with E-state index in [2.05, 4.69) is 72.2 Å². The van der Waals surface area contributed by atoms with Crippen molar-refractivity contribution >= 4 is 29.2 Å². The highest BCUT2D eigenvalue weighted by Gasteiger charge is 2.55. The molecule has 7 rings (SSSR count). The van der Waals surface area contributed by atoms with Gasteiger partial charge in [-0.25, -0.2) is 0 Å². The van der Waals surface area contributed by atoms with Gasteiger partial charge >= 0.3 is 5.90 Å². The van der Waals surface area contributed by atoms with Crippen molar-refractivity contribution < 1.29 is 18.8 Å². The molecule has 0 saturated carbocycles. The summed E-state index contributed by atoms with van der Waals surface area (Å²) in [6.45, 7) is 4.24. The number of aryl methyl sites for hydroxylation is 1. The second-order valence-corrected chi connectivity index (χ2v) is 8.72. The summed E-state index contributed by atoms with van der Waals surface area (Å²) in [6, 6.07) is 25.0. The third kappa shape index (κ3) is 2.31. The first kappa shape index (κ1) is 17.9. The molecule has 2 unspecified atom stereocenters. The summed E-state index contributed by atoms with van der Waals surface area (Å²) >= 11 is 0. The van der Waals surface area contributed by atoms with Gasteiger partial charge in [0.25, 0.3) is 12.8 Å². The molecule has 0 fully saturated rings. The molecule has 2 atom stereocenters. The summed E-state index contributed by atoms with van der Waals surface area (Å²) < 4.78 is 21.7. The van der Waals surface area contributed by atoms with Crippen LogP contribution in [0.25, 0.3) is 0 Å². The second-order valence-electron chi connectivity index (χ2n) is 8.72. The molecule has 4 aliphatic rings. The van der Waals surface area contributed by atoms with Gasteiger partial charge in [-0.2, -0.15) is 0 Å². The van der Waals surface area contributed by atoms with Gasteiger partial charge in [0.2, 0.25) is 5.69 Å². The Balaban J connectivity index is 1.49. The van der Waals surface area contributed by atoms with E-state index in [0.717, 1.165) is 40.1 Å². The van der Waals surface area contributed by atoms with Crippen LogP contribution in [-0.4, -0.2) is 29.3 Å². The van der Waals surface area contributed by atoms with Gasteiger partial charge in [-0.3, -0.25) is 0 Å². The molecule has 1 aliphatic carbocycles. The topological polar surface area (TPSA) is 30.7 Å². The molecule has 4 nitrogen and oxygen atoms in total. The Morgan fingerprint density at radius 2 is 1.44 bits per heavy atom. The Hall–Kier alpha value is -3.73. The van der Waals surface area contributed by atoms with Crippen LogP contribution in [0.2, 0.25) is 0 Å². The lowest BCUT2D eigenvalue weighted by atomic mass is 9.33. The molecule has 3 aromatic carbocycles. The largest absolute Gasteiger partial charge is 0.459 e. The highest BCUT2D eigenvalue weighted by molar-refractivity contribution is 6.93. The Morgan fingerprint density at radius 3 is 2.19 bits per heavy atom. The van der Waals surface area contributed by atoms with Crippen LogP contribution >= 0.6 is 0 Å². The van der Waals surface area contributed by atoms with Gasteiger partial charge in [-0.15, -0.1) is 4.58 Å². The lowest BCUT2D eigenvalue weighted by Crippen LogP contribution is -2.55. The first-order valence-corrected chi connectivity index (χ1v) is 11.1. The minimum absolute atomic E-state index is 0.0757. The van der Waals surface area contributed by atoms with Crippen molar-refractivity contribution in [2.24, 2.45) is 0 Å². The smallest absolute Gasteiger partial charge is 0.340 e. The van der Waals surface area contributed by atoms with Crippen molar-refractivity contribution in [1.82, 2.24) is 0 Å². The first-order chi connectivity index (χ1) is 15.7. The normalized spacial score (nSPS) is 22.1. The van der Waals surface area contributed by atoms with E-state index in [1.165, 1.54) is 16.5 Å². The molecule has 5 heteroatoms. The van der Waals surface area contributed by atoms with Gasteiger partial charge < -0.3 is 14.2 Å². The molecule has 3 aliphatic heterocycles. The molecule has 0 radical (unpaired) electrons. The SMILES string of the molecule is CC1=[N+](c2ccccc2C)C2C3=C4B(c5ccccc5OC4=CC2O1)c1ccccc1O3. The van der Waals surface area contributed by atoms with Crippen LogP contribution < -0.4 is 20.4 Å². The molecule has 154 valence electrons. The van der Waals surface area contributed by atoms with Crippen LogP contribution in [-0.2, 0) is 4.74 Å². The zero-order valence-electron chi connectivity index (χ0n) is 17.9. The van der Waals surface area contributed by atoms with E-state index < -0.39 is 0 Å². The molecule has 32 heavy (non-hydrogen) atoms. The van der Waals surface area contributed by atoms with Crippen molar-refractivity contribution in [1.29, 1.82) is 0 Å². The van der Waals surface area contributed by atoms with Gasteiger partial charge in [0.05, 0.1) is 6.92 Å². The number of fused-ring (bicyclic) bond motifs is 6. The van der Waals surface area contributed by atoms with Gasteiger partial charge in [0.1, 0.15) is 17.3 Å². The molecular formula is C27H21BNO3+. The van der Waals surface area contributed by atoms with E-state index in [-0.39, 0.29) is 18.9 Å². The van der Waals surface area contributed by atoms with E-state index in [0.29, 0.717) is 0 Å². The average molecular weight is 418 g/mol. The maximum atomic E-state index is 6.66. The summed E-state index contributed by atoms with van der Waals surface area (Å²) in [5.41, 5.74) is 5.80. The fourth-order valence-electron chi connectivity index (χ4n) is 5.55. The highest BCUT2D eigenvalue weighted by Crippen LogP contribution is 2.43. The van der Waals surface area contributed by atoms with Gasteiger partial charge in [-0.1, -0.05) is 54.6 Å². The van der Waals surface area contributed by atoms with Gasteiger partial charge in [-0.05, 0) is 30.0 Å². The van der Waals surface area contributed by atoms with E-state index in [9.17, 15) is 0 Å². The minimum atomic E-state index is -0.181. The minimum Gasteiger partial charge on any atom is -0.459 e. The molecule has 3 aromatic rings. The van der Waals surface area contributed by atoms with Crippen molar-refractivity contribution in [2.75, 3.05) is 0 Å². The lowest BCUT2D eigenvalue weighted by molar-refractivity contribution is -0.470. The van der Waals surface area contributed by atoms with Crippen LogP contribution in [0, 0.1) is 6.92 Å². The van der Waals surface area contributed by atoms with Crippen LogP contribution in [0.15, 0.2) is 95.9 Å². The number of ether oxygens (including phenoxy) is 3. The number of benzene rings is 3. The number of rotatable bonds is 1. The molecule has 0 N–H and O–H groups in total. The first-order valence-electron chi connectivity index (χ1n) is 11.1. The Kier molecular flexibility index (Phi) is 3.58. The van der Waals surface area contributed by atoms with Crippen LogP contribution in [0.5, 0.6) is 11.5 Å². The second kappa shape index (κ2) is 6.39. The number of hydrogen-bond acceptors (Lipinski definition) is 3. The van der Waals surface area contributed by atoms with Crippen LogP contribution in [0.4, 0.5) is 5.69 Å². The average Bonchev–Trinajstić information content (AvgIpc) is 3.14. The highest BCUT2D eigenvalue weighted by atomic mass is 16.5. The van der Waals surface area contributed by atoms with E-state index in [1.807, 2.05) is 25.1 Å². The van der Waals surface area contributed by atoms with E-state index in [1.54, 1.807) is 0 Å².